The van der Waals surface area contributed by atoms with Gasteiger partial charge in [0, 0.05) is 18.2 Å². The van der Waals surface area contributed by atoms with Crippen molar-refractivity contribution in [3.8, 4) is 6.07 Å². The molecule has 1 atom stereocenters. The van der Waals surface area contributed by atoms with Gasteiger partial charge in [0.15, 0.2) is 0 Å². The van der Waals surface area contributed by atoms with Crippen LogP contribution >= 0.6 is 0 Å². The van der Waals surface area contributed by atoms with Crippen LogP contribution in [0.2, 0.25) is 0 Å². The molecule has 0 fully saturated rings. The maximum absolute atomic E-state index is 13.9. The van der Waals surface area contributed by atoms with Gasteiger partial charge >= 0.3 is 6.09 Å². The Morgan fingerprint density at radius 1 is 1.35 bits per heavy atom. The van der Waals surface area contributed by atoms with Gasteiger partial charge in [-0.25, -0.2) is 23.5 Å². The molecule has 118 valence electrons. The SMILES string of the molecule is N#Cc1cnc(NC(CNC(=O)O)c2ccc(F)cc2F)nc1. The number of benzene rings is 1. The summed E-state index contributed by atoms with van der Waals surface area (Å²) in [5.74, 6) is -1.50. The molecule has 7 nitrogen and oxygen atoms in total. The first-order valence-electron chi connectivity index (χ1n) is 6.40. The molecule has 2 rings (SSSR count). The largest absolute Gasteiger partial charge is 0.465 e. The molecule has 0 aliphatic carbocycles. The molecule has 1 aromatic heterocycles. The van der Waals surface area contributed by atoms with E-state index in [1.54, 1.807) is 0 Å². The zero-order valence-electron chi connectivity index (χ0n) is 11.6. The van der Waals surface area contributed by atoms with Gasteiger partial charge in [0.2, 0.25) is 5.95 Å². The Bertz CT molecular complexity index is 746. The number of aromatic nitrogens is 2. The van der Waals surface area contributed by atoms with E-state index in [9.17, 15) is 13.6 Å². The lowest BCUT2D eigenvalue weighted by Gasteiger charge is -2.19. The van der Waals surface area contributed by atoms with Crippen molar-refractivity contribution in [2.24, 2.45) is 0 Å². The summed E-state index contributed by atoms with van der Waals surface area (Å²) >= 11 is 0. The first kappa shape index (κ1) is 16.1. The molecule has 1 aromatic carbocycles. The minimum Gasteiger partial charge on any atom is -0.465 e. The van der Waals surface area contributed by atoms with Crippen molar-refractivity contribution < 1.29 is 18.7 Å². The van der Waals surface area contributed by atoms with Crippen molar-refractivity contribution in [3.63, 3.8) is 0 Å². The summed E-state index contributed by atoms with van der Waals surface area (Å²) in [7, 11) is 0. The van der Waals surface area contributed by atoms with Gasteiger partial charge in [0.05, 0.1) is 24.0 Å². The van der Waals surface area contributed by atoms with Gasteiger partial charge < -0.3 is 15.7 Å². The van der Waals surface area contributed by atoms with E-state index < -0.39 is 23.8 Å². The van der Waals surface area contributed by atoms with Crippen LogP contribution in [0.15, 0.2) is 30.6 Å². The summed E-state index contributed by atoms with van der Waals surface area (Å²) in [5, 5.41) is 22.2. The highest BCUT2D eigenvalue weighted by Gasteiger charge is 2.18. The summed E-state index contributed by atoms with van der Waals surface area (Å²) in [6.07, 6.45) is 1.23. The van der Waals surface area contributed by atoms with Crippen LogP contribution in [0.25, 0.3) is 0 Å². The highest BCUT2D eigenvalue weighted by Crippen LogP contribution is 2.21. The molecule has 0 spiro atoms. The lowest BCUT2D eigenvalue weighted by atomic mass is 10.1. The topological polar surface area (TPSA) is 111 Å². The van der Waals surface area contributed by atoms with Gasteiger partial charge in [-0.1, -0.05) is 6.07 Å². The van der Waals surface area contributed by atoms with Gasteiger partial charge in [0.25, 0.3) is 0 Å². The number of anilines is 1. The third-order valence-electron chi connectivity index (χ3n) is 2.88. The van der Waals surface area contributed by atoms with E-state index in [0.717, 1.165) is 6.07 Å². The van der Waals surface area contributed by atoms with Crippen LogP contribution in [-0.4, -0.2) is 27.7 Å². The molecule has 9 heteroatoms. The van der Waals surface area contributed by atoms with Crippen LogP contribution in [-0.2, 0) is 0 Å². The number of nitrogens with zero attached hydrogens (tertiary/aromatic N) is 3. The van der Waals surface area contributed by atoms with E-state index in [2.05, 4.69) is 20.6 Å². The molecule has 0 saturated carbocycles. The highest BCUT2D eigenvalue weighted by molar-refractivity contribution is 5.64. The van der Waals surface area contributed by atoms with E-state index in [1.165, 1.54) is 18.5 Å². The van der Waals surface area contributed by atoms with Crippen molar-refractivity contribution in [2.45, 2.75) is 6.04 Å². The highest BCUT2D eigenvalue weighted by atomic mass is 19.1. The molecule has 3 N–H and O–H groups in total. The number of hydrogen-bond donors (Lipinski definition) is 3. The Morgan fingerprint density at radius 2 is 2.04 bits per heavy atom. The van der Waals surface area contributed by atoms with Crippen molar-refractivity contribution in [1.82, 2.24) is 15.3 Å². The zero-order chi connectivity index (χ0) is 16.8. The average Bonchev–Trinajstić information content (AvgIpc) is 2.52. The van der Waals surface area contributed by atoms with Crippen LogP contribution < -0.4 is 10.6 Å². The molecule has 0 aliphatic heterocycles. The molecule has 0 aliphatic rings. The molecule has 2 aromatic rings. The minimum atomic E-state index is -1.29. The summed E-state index contributed by atoms with van der Waals surface area (Å²) in [5.41, 5.74) is 0.289. The quantitative estimate of drug-likeness (QED) is 0.778. The van der Waals surface area contributed by atoms with E-state index >= 15 is 0 Å². The molecule has 1 amide bonds. The van der Waals surface area contributed by atoms with Gasteiger partial charge in [-0.3, -0.25) is 0 Å². The second-order valence-corrected chi connectivity index (χ2v) is 4.46. The van der Waals surface area contributed by atoms with Crippen molar-refractivity contribution in [2.75, 3.05) is 11.9 Å². The Kier molecular flexibility index (Phi) is 4.99. The van der Waals surface area contributed by atoms with Gasteiger partial charge in [0.1, 0.15) is 17.7 Å². The molecule has 0 radical (unpaired) electrons. The molecule has 0 saturated heterocycles. The number of carbonyl (C=O) groups is 1. The van der Waals surface area contributed by atoms with E-state index in [-0.39, 0.29) is 23.6 Å². The van der Waals surface area contributed by atoms with E-state index in [1.807, 2.05) is 6.07 Å². The van der Waals surface area contributed by atoms with Crippen LogP contribution in [0, 0.1) is 23.0 Å². The lowest BCUT2D eigenvalue weighted by Crippen LogP contribution is -2.31. The Labute approximate surface area is 129 Å². The number of hydrogen-bond acceptors (Lipinski definition) is 5. The molecule has 1 heterocycles. The number of halogens is 2. The zero-order valence-corrected chi connectivity index (χ0v) is 11.6. The van der Waals surface area contributed by atoms with E-state index in [4.69, 9.17) is 10.4 Å². The third kappa shape index (κ3) is 4.34. The van der Waals surface area contributed by atoms with Crippen LogP contribution in [0.1, 0.15) is 17.2 Å². The average molecular weight is 319 g/mol. The molecule has 1 unspecified atom stereocenters. The predicted molar refractivity (Wildman–Crippen MR) is 75.5 cm³/mol. The molecule has 0 bridgehead atoms. The first-order chi connectivity index (χ1) is 11.0. The Balaban J connectivity index is 2.25. The number of rotatable bonds is 5. The van der Waals surface area contributed by atoms with Crippen LogP contribution in [0.4, 0.5) is 19.5 Å². The lowest BCUT2D eigenvalue weighted by molar-refractivity contribution is 0.194. The molecule has 23 heavy (non-hydrogen) atoms. The first-order valence-corrected chi connectivity index (χ1v) is 6.40. The summed E-state index contributed by atoms with van der Waals surface area (Å²) in [6, 6.07) is 3.95. The van der Waals surface area contributed by atoms with Gasteiger partial charge in [-0.15, -0.1) is 0 Å². The predicted octanol–water partition coefficient (Wildman–Crippen LogP) is 2.05. The Hall–Kier alpha value is -3.28. The third-order valence-corrected chi connectivity index (χ3v) is 2.88. The monoisotopic (exact) mass is 319 g/mol. The van der Waals surface area contributed by atoms with Crippen molar-refractivity contribution in [3.05, 3.63) is 53.4 Å². The van der Waals surface area contributed by atoms with E-state index in [0.29, 0.717) is 6.07 Å². The van der Waals surface area contributed by atoms with Crippen LogP contribution in [0.5, 0.6) is 0 Å². The maximum Gasteiger partial charge on any atom is 0.404 e. The van der Waals surface area contributed by atoms with Gasteiger partial charge in [-0.05, 0) is 6.07 Å². The van der Waals surface area contributed by atoms with Crippen molar-refractivity contribution >= 4 is 12.0 Å². The number of nitrogens with one attached hydrogen (secondary N) is 2. The summed E-state index contributed by atoms with van der Waals surface area (Å²) < 4.78 is 26.9. The number of amides is 1. The molecular formula is C14H11F2N5O2. The number of carboxylic acid groups (broad SMARTS) is 1. The summed E-state index contributed by atoms with van der Waals surface area (Å²) in [4.78, 5) is 18.4. The maximum atomic E-state index is 13.9. The second-order valence-electron chi connectivity index (χ2n) is 4.46. The summed E-state index contributed by atoms with van der Waals surface area (Å²) in [6.45, 7) is -0.193. The minimum absolute atomic E-state index is 0.0492. The second kappa shape index (κ2) is 7.13. The fourth-order valence-corrected chi connectivity index (χ4v) is 1.83. The fourth-order valence-electron chi connectivity index (χ4n) is 1.83. The molecular weight excluding hydrogens is 308 g/mol. The number of nitriles is 1. The Morgan fingerprint density at radius 3 is 2.61 bits per heavy atom. The van der Waals surface area contributed by atoms with Gasteiger partial charge in [-0.2, -0.15) is 5.26 Å². The fraction of sp³-hybridized carbons (Fsp3) is 0.143. The van der Waals surface area contributed by atoms with Crippen LogP contribution in [0.3, 0.4) is 0 Å². The normalized spacial score (nSPS) is 11.3. The standard InChI is InChI=1S/C14H11F2N5O2/c15-9-1-2-10(11(16)3-9)12(7-20-14(22)23)21-13-18-5-8(4-17)6-19-13/h1-3,5-6,12,20H,7H2,(H,22,23)(H,18,19,21). The smallest absolute Gasteiger partial charge is 0.404 e. The van der Waals surface area contributed by atoms with Crippen molar-refractivity contribution in [1.29, 1.82) is 5.26 Å².